The zero-order valence-corrected chi connectivity index (χ0v) is 16.7. The van der Waals surface area contributed by atoms with Gasteiger partial charge < -0.3 is 0 Å². The summed E-state index contributed by atoms with van der Waals surface area (Å²) in [6, 6.07) is 0.908. The predicted molar refractivity (Wildman–Crippen MR) is 99.2 cm³/mol. The van der Waals surface area contributed by atoms with Crippen molar-refractivity contribution in [1.29, 1.82) is 0 Å². The van der Waals surface area contributed by atoms with Gasteiger partial charge in [-0.15, -0.1) is 5.10 Å². The first-order valence-corrected chi connectivity index (χ1v) is 8.94. The lowest BCUT2D eigenvalue weighted by Crippen LogP contribution is -2.46. The topological polar surface area (TPSA) is 97.2 Å². The average Bonchev–Trinajstić information content (AvgIpc) is 3.27. The number of amides is 3. The van der Waals surface area contributed by atoms with Gasteiger partial charge in [0.15, 0.2) is 5.82 Å². The molecule has 0 spiro atoms. The summed E-state index contributed by atoms with van der Waals surface area (Å²) in [7, 11) is 0. The third-order valence-corrected chi connectivity index (χ3v) is 4.57. The van der Waals surface area contributed by atoms with Crippen LogP contribution >= 0.6 is 0 Å². The van der Waals surface area contributed by atoms with Crippen molar-refractivity contribution in [3.05, 3.63) is 52.9 Å². The second-order valence-corrected chi connectivity index (χ2v) is 6.83. The molecule has 0 saturated heterocycles. The van der Waals surface area contributed by atoms with E-state index in [0.29, 0.717) is 17.1 Å². The number of nitrogens with one attached hydrogen (secondary N) is 1. The molecule has 2 heterocycles. The van der Waals surface area contributed by atoms with Crippen LogP contribution in [0.4, 0.5) is 26.3 Å². The van der Waals surface area contributed by atoms with Gasteiger partial charge in [-0.1, -0.05) is 0 Å². The summed E-state index contributed by atoms with van der Waals surface area (Å²) in [4.78, 5) is 39.5. The Morgan fingerprint density at radius 3 is 1.94 bits per heavy atom. The van der Waals surface area contributed by atoms with Crippen LogP contribution in [0.2, 0.25) is 0 Å². The molecule has 3 amide bonds. The summed E-state index contributed by atoms with van der Waals surface area (Å²) in [5.41, 5.74) is -1.24. The minimum atomic E-state index is -5.04. The molecular formula is C19H13F6N5O3. The quantitative estimate of drug-likeness (QED) is 0.418. The first-order chi connectivity index (χ1) is 15.2. The minimum Gasteiger partial charge on any atom is -0.268 e. The molecule has 14 heteroatoms. The summed E-state index contributed by atoms with van der Waals surface area (Å²) in [6.07, 6.45) is -7.33. The number of alkyl halides is 6. The van der Waals surface area contributed by atoms with Crippen LogP contribution in [0.15, 0.2) is 41.7 Å². The van der Waals surface area contributed by atoms with Crippen LogP contribution in [-0.4, -0.2) is 37.5 Å². The number of rotatable bonds is 4. The highest BCUT2D eigenvalue weighted by Gasteiger charge is 2.37. The summed E-state index contributed by atoms with van der Waals surface area (Å²) < 4.78 is 78.9. The standard InChI is InChI=1S/C19H13F6N5O3/c1-9-10(2)17(33)30(16(9)32)27-14(31)3-4-29-8-26-15(28-29)11-5-12(18(20,21)22)7-13(6-11)19(23,24)25/h3-8H,1-2H3,(H,27,31)/b4-3-. The van der Waals surface area contributed by atoms with Gasteiger partial charge >= 0.3 is 12.4 Å². The number of aromatic nitrogens is 3. The maximum absolute atomic E-state index is 13.0. The lowest BCUT2D eigenvalue weighted by Gasteiger charge is -2.14. The smallest absolute Gasteiger partial charge is 0.268 e. The van der Waals surface area contributed by atoms with E-state index in [-0.39, 0.29) is 17.2 Å². The predicted octanol–water partition coefficient (Wildman–Crippen LogP) is 3.19. The number of hydrazine groups is 1. The molecular weight excluding hydrogens is 460 g/mol. The Morgan fingerprint density at radius 1 is 0.939 bits per heavy atom. The van der Waals surface area contributed by atoms with Crippen molar-refractivity contribution in [3.8, 4) is 11.4 Å². The second kappa shape index (κ2) is 8.18. The van der Waals surface area contributed by atoms with E-state index in [0.717, 1.165) is 23.3 Å². The number of hydrogen-bond donors (Lipinski definition) is 1. The van der Waals surface area contributed by atoms with E-state index < -0.39 is 52.6 Å². The highest BCUT2D eigenvalue weighted by Crippen LogP contribution is 2.38. The van der Waals surface area contributed by atoms with Gasteiger partial charge in [0, 0.05) is 29.0 Å². The largest absolute Gasteiger partial charge is 0.416 e. The first-order valence-electron chi connectivity index (χ1n) is 8.94. The van der Waals surface area contributed by atoms with Crippen molar-refractivity contribution < 1.29 is 40.7 Å². The van der Waals surface area contributed by atoms with E-state index in [1.807, 2.05) is 0 Å². The first kappa shape index (κ1) is 23.7. The van der Waals surface area contributed by atoms with Gasteiger partial charge in [0.2, 0.25) is 0 Å². The van der Waals surface area contributed by atoms with Crippen LogP contribution in [0.25, 0.3) is 17.6 Å². The summed E-state index contributed by atoms with van der Waals surface area (Å²) in [5.74, 6) is -2.81. The number of benzene rings is 1. The van der Waals surface area contributed by atoms with E-state index in [2.05, 4.69) is 15.5 Å². The van der Waals surface area contributed by atoms with Crippen molar-refractivity contribution in [2.24, 2.45) is 0 Å². The molecule has 0 radical (unpaired) electrons. The monoisotopic (exact) mass is 473 g/mol. The number of hydrogen-bond acceptors (Lipinski definition) is 5. The normalized spacial score (nSPS) is 15.2. The van der Waals surface area contributed by atoms with Gasteiger partial charge in [0.25, 0.3) is 17.7 Å². The van der Waals surface area contributed by atoms with Crippen LogP contribution in [0.5, 0.6) is 0 Å². The highest BCUT2D eigenvalue weighted by molar-refractivity contribution is 6.19. The van der Waals surface area contributed by atoms with Crippen LogP contribution in [-0.2, 0) is 26.7 Å². The Morgan fingerprint density at radius 2 is 1.45 bits per heavy atom. The fraction of sp³-hybridized carbons (Fsp3) is 0.211. The van der Waals surface area contributed by atoms with Gasteiger partial charge in [0.1, 0.15) is 6.33 Å². The zero-order valence-electron chi connectivity index (χ0n) is 16.7. The summed E-state index contributed by atoms with van der Waals surface area (Å²) in [5, 5.41) is 4.24. The number of halogens is 6. The molecule has 1 aliphatic heterocycles. The van der Waals surface area contributed by atoms with E-state index in [1.165, 1.54) is 13.8 Å². The molecule has 0 saturated carbocycles. The van der Waals surface area contributed by atoms with E-state index in [4.69, 9.17) is 0 Å². The number of nitrogens with zero attached hydrogens (tertiary/aromatic N) is 4. The molecule has 1 aliphatic rings. The third kappa shape index (κ3) is 4.94. The third-order valence-electron chi connectivity index (χ3n) is 4.57. The Kier molecular flexibility index (Phi) is 5.87. The Hall–Kier alpha value is -3.97. The van der Waals surface area contributed by atoms with E-state index >= 15 is 0 Å². The molecule has 0 fully saturated rings. The van der Waals surface area contributed by atoms with Gasteiger partial charge in [-0.2, -0.15) is 31.4 Å². The Balaban J connectivity index is 1.80. The lowest BCUT2D eigenvalue weighted by atomic mass is 10.0. The van der Waals surface area contributed by atoms with Crippen LogP contribution < -0.4 is 5.43 Å². The zero-order chi connectivity index (χ0) is 24.7. The van der Waals surface area contributed by atoms with Crippen LogP contribution in [0.3, 0.4) is 0 Å². The van der Waals surface area contributed by atoms with Crippen molar-refractivity contribution >= 4 is 23.9 Å². The fourth-order valence-electron chi connectivity index (χ4n) is 2.70. The molecule has 1 aromatic heterocycles. The van der Waals surface area contributed by atoms with Gasteiger partial charge in [-0.25, -0.2) is 9.67 Å². The maximum atomic E-state index is 13.0. The summed E-state index contributed by atoms with van der Waals surface area (Å²) in [6.45, 7) is 2.82. The van der Waals surface area contributed by atoms with Gasteiger partial charge in [-0.05, 0) is 32.0 Å². The average molecular weight is 473 g/mol. The molecule has 2 aromatic rings. The molecule has 0 bridgehead atoms. The second-order valence-electron chi connectivity index (χ2n) is 6.83. The lowest BCUT2D eigenvalue weighted by molar-refractivity contribution is -0.146. The molecule has 0 unspecified atom stereocenters. The van der Waals surface area contributed by atoms with Crippen molar-refractivity contribution in [2.75, 3.05) is 0 Å². The number of carbonyl (C=O) groups excluding carboxylic acids is 3. The summed E-state index contributed by atoms with van der Waals surface area (Å²) >= 11 is 0. The molecule has 0 atom stereocenters. The van der Waals surface area contributed by atoms with Crippen LogP contribution in [0, 0.1) is 0 Å². The SMILES string of the molecule is CC1=C(C)C(=O)N(NC(=O)/C=C\n2cnc(-c3cc(C(F)(F)F)cc(C(F)(F)F)c3)n2)C1=O. The van der Waals surface area contributed by atoms with Crippen molar-refractivity contribution in [3.63, 3.8) is 0 Å². The molecule has 1 N–H and O–H groups in total. The number of carbonyl (C=O) groups is 3. The van der Waals surface area contributed by atoms with Gasteiger partial charge in [0.05, 0.1) is 11.1 Å². The van der Waals surface area contributed by atoms with E-state index in [9.17, 15) is 40.7 Å². The molecule has 8 nitrogen and oxygen atoms in total. The molecule has 0 aliphatic carbocycles. The minimum absolute atomic E-state index is 0.0239. The Bertz CT molecular complexity index is 1150. The molecule has 1 aromatic carbocycles. The fourth-order valence-corrected chi connectivity index (χ4v) is 2.70. The maximum Gasteiger partial charge on any atom is 0.416 e. The molecule has 3 rings (SSSR count). The van der Waals surface area contributed by atoms with E-state index in [1.54, 1.807) is 0 Å². The van der Waals surface area contributed by atoms with Crippen molar-refractivity contribution in [2.45, 2.75) is 26.2 Å². The Labute approximate surface area is 181 Å². The highest BCUT2D eigenvalue weighted by atomic mass is 19.4. The van der Waals surface area contributed by atoms with Gasteiger partial charge in [-0.3, -0.25) is 19.8 Å². The van der Waals surface area contributed by atoms with Crippen LogP contribution in [0.1, 0.15) is 25.0 Å². The van der Waals surface area contributed by atoms with Crippen molar-refractivity contribution in [1.82, 2.24) is 25.2 Å². The number of imide groups is 1. The molecule has 174 valence electrons. The molecule has 33 heavy (non-hydrogen) atoms.